The van der Waals surface area contributed by atoms with Crippen LogP contribution in [0, 0.1) is 6.92 Å². The topological polar surface area (TPSA) is 83.5 Å². The van der Waals surface area contributed by atoms with Crippen molar-refractivity contribution in [2.45, 2.75) is 57.7 Å². The van der Waals surface area contributed by atoms with Crippen molar-refractivity contribution < 1.29 is 9.63 Å². The van der Waals surface area contributed by atoms with Crippen LogP contribution < -0.4 is 0 Å². The molecule has 8 nitrogen and oxygen atoms in total. The first-order chi connectivity index (χ1) is 13.1. The van der Waals surface area contributed by atoms with Gasteiger partial charge in [0.1, 0.15) is 11.6 Å². The molecule has 1 atom stereocenters. The first kappa shape index (κ1) is 18.6. The Morgan fingerprint density at radius 3 is 2.67 bits per heavy atom. The van der Waals surface area contributed by atoms with E-state index in [1.807, 2.05) is 13.0 Å². The molecule has 2 aromatic rings. The van der Waals surface area contributed by atoms with Gasteiger partial charge in [-0.3, -0.25) is 9.80 Å². The fourth-order valence-corrected chi connectivity index (χ4v) is 4.27. The summed E-state index contributed by atoms with van der Waals surface area (Å²) in [5.41, 5.74) is 0.932. The highest BCUT2D eigenvalue weighted by atomic mass is 16.5. The molecule has 0 aromatic carbocycles. The number of hydrogen-bond donors (Lipinski definition) is 1. The van der Waals surface area contributed by atoms with Crippen LogP contribution in [0.3, 0.4) is 0 Å². The minimum absolute atomic E-state index is 0.141. The van der Waals surface area contributed by atoms with Crippen LogP contribution in [0.1, 0.15) is 54.7 Å². The minimum Gasteiger partial charge on any atom is -0.393 e. The number of piperidine rings is 2. The predicted octanol–water partition coefficient (Wildman–Crippen LogP) is 1.45. The fraction of sp³-hybridized carbons (Fsp3) is 0.737. The Kier molecular flexibility index (Phi) is 5.56. The Labute approximate surface area is 160 Å². The zero-order valence-corrected chi connectivity index (χ0v) is 16.3. The van der Waals surface area contributed by atoms with Crippen molar-refractivity contribution in [2.75, 3.05) is 26.2 Å². The molecular formula is C19H30N6O2. The van der Waals surface area contributed by atoms with E-state index in [1.165, 1.54) is 0 Å². The van der Waals surface area contributed by atoms with E-state index in [0.29, 0.717) is 5.92 Å². The number of nitrogens with zero attached hydrogens (tertiary/aromatic N) is 6. The molecule has 1 N–H and O–H groups in total. The molecule has 2 aliphatic heterocycles. The average Bonchev–Trinajstić information content (AvgIpc) is 3.23. The normalized spacial score (nSPS) is 23.1. The summed E-state index contributed by atoms with van der Waals surface area (Å²) in [6, 6.07) is 2.01. The lowest BCUT2D eigenvalue weighted by Gasteiger charge is -2.31. The van der Waals surface area contributed by atoms with Crippen molar-refractivity contribution in [3.63, 3.8) is 0 Å². The Hall–Kier alpha value is -1.77. The quantitative estimate of drug-likeness (QED) is 0.848. The molecule has 27 heavy (non-hydrogen) atoms. The number of rotatable bonds is 5. The van der Waals surface area contributed by atoms with Crippen LogP contribution in [0.2, 0.25) is 0 Å². The number of aliphatic hydroxyl groups excluding tert-OH is 1. The van der Waals surface area contributed by atoms with E-state index in [0.717, 1.165) is 88.1 Å². The van der Waals surface area contributed by atoms with Crippen molar-refractivity contribution >= 4 is 0 Å². The van der Waals surface area contributed by atoms with Gasteiger partial charge >= 0.3 is 0 Å². The molecule has 2 aliphatic rings. The zero-order chi connectivity index (χ0) is 18.8. The van der Waals surface area contributed by atoms with Crippen LogP contribution >= 0.6 is 0 Å². The van der Waals surface area contributed by atoms with E-state index in [2.05, 4.69) is 36.8 Å². The van der Waals surface area contributed by atoms with E-state index in [-0.39, 0.29) is 6.10 Å². The third-order valence-electron chi connectivity index (χ3n) is 5.85. The second kappa shape index (κ2) is 8.08. The monoisotopic (exact) mass is 374 g/mol. The number of aryl methyl sites for hydroxylation is 1. The summed E-state index contributed by atoms with van der Waals surface area (Å²) in [7, 11) is 2.09. The van der Waals surface area contributed by atoms with Gasteiger partial charge in [-0.15, -0.1) is 10.2 Å². The van der Waals surface area contributed by atoms with Gasteiger partial charge in [-0.2, -0.15) is 0 Å². The Morgan fingerprint density at radius 1 is 1.11 bits per heavy atom. The van der Waals surface area contributed by atoms with Gasteiger partial charge in [0.15, 0.2) is 5.76 Å². The molecule has 1 unspecified atom stereocenters. The summed E-state index contributed by atoms with van der Waals surface area (Å²) < 4.78 is 7.56. The average molecular weight is 374 g/mol. The summed E-state index contributed by atoms with van der Waals surface area (Å²) >= 11 is 0. The van der Waals surface area contributed by atoms with Crippen molar-refractivity contribution in [1.82, 2.24) is 29.7 Å². The summed E-state index contributed by atoms with van der Waals surface area (Å²) in [6.45, 7) is 7.48. The number of likely N-dealkylation sites (tertiary alicyclic amines) is 2. The van der Waals surface area contributed by atoms with Crippen molar-refractivity contribution in [2.24, 2.45) is 7.05 Å². The van der Waals surface area contributed by atoms with E-state index >= 15 is 0 Å². The second-order valence-corrected chi connectivity index (χ2v) is 8.05. The molecule has 0 spiro atoms. The molecule has 0 saturated carbocycles. The number of aliphatic hydroxyl groups is 1. The molecule has 2 fully saturated rings. The third-order valence-corrected chi connectivity index (χ3v) is 5.85. The summed E-state index contributed by atoms with van der Waals surface area (Å²) in [4.78, 5) is 4.79. The first-order valence-corrected chi connectivity index (χ1v) is 10.0. The second-order valence-electron chi connectivity index (χ2n) is 8.05. The van der Waals surface area contributed by atoms with Crippen LogP contribution in [0.15, 0.2) is 10.6 Å². The SMILES string of the molecule is Cc1cc(CN2CCCC(c3nnc(CN4CCC(O)CC4)n3C)C2)on1. The summed E-state index contributed by atoms with van der Waals surface area (Å²) in [5, 5.41) is 22.7. The van der Waals surface area contributed by atoms with E-state index in [1.54, 1.807) is 0 Å². The van der Waals surface area contributed by atoms with Crippen LogP contribution in [0.4, 0.5) is 0 Å². The molecule has 0 bridgehead atoms. The Morgan fingerprint density at radius 2 is 1.93 bits per heavy atom. The van der Waals surface area contributed by atoms with Gasteiger partial charge < -0.3 is 14.2 Å². The van der Waals surface area contributed by atoms with E-state index < -0.39 is 0 Å². The largest absolute Gasteiger partial charge is 0.393 e. The maximum atomic E-state index is 9.68. The molecular weight excluding hydrogens is 344 g/mol. The van der Waals surface area contributed by atoms with Crippen LogP contribution in [-0.4, -0.2) is 67.1 Å². The highest BCUT2D eigenvalue weighted by Gasteiger charge is 2.27. The first-order valence-electron chi connectivity index (χ1n) is 10.0. The van der Waals surface area contributed by atoms with Gasteiger partial charge in [0.2, 0.25) is 0 Å². The zero-order valence-electron chi connectivity index (χ0n) is 16.3. The molecule has 2 aromatic heterocycles. The smallest absolute Gasteiger partial charge is 0.150 e. The predicted molar refractivity (Wildman–Crippen MR) is 100 cm³/mol. The fourth-order valence-electron chi connectivity index (χ4n) is 4.27. The number of aromatic nitrogens is 4. The van der Waals surface area contributed by atoms with Gasteiger partial charge in [0, 0.05) is 38.7 Å². The van der Waals surface area contributed by atoms with Crippen molar-refractivity contribution in [1.29, 1.82) is 0 Å². The van der Waals surface area contributed by atoms with E-state index in [4.69, 9.17) is 4.52 Å². The van der Waals surface area contributed by atoms with Gasteiger partial charge in [0.05, 0.1) is 24.9 Å². The molecule has 148 valence electrons. The van der Waals surface area contributed by atoms with Gasteiger partial charge in [-0.05, 0) is 39.2 Å². The molecule has 8 heteroatoms. The highest BCUT2D eigenvalue weighted by molar-refractivity contribution is 5.06. The molecule has 4 rings (SSSR count). The standard InChI is InChI=1S/C19H30N6O2/c1-14-10-17(27-22-14)12-25-7-3-4-15(11-25)19-21-20-18(23(19)2)13-24-8-5-16(26)6-9-24/h10,15-16,26H,3-9,11-13H2,1-2H3. The van der Waals surface area contributed by atoms with Crippen LogP contribution in [0.5, 0.6) is 0 Å². The maximum absolute atomic E-state index is 9.68. The molecule has 0 radical (unpaired) electrons. The van der Waals surface area contributed by atoms with Crippen molar-refractivity contribution in [3.8, 4) is 0 Å². The van der Waals surface area contributed by atoms with E-state index in [9.17, 15) is 5.11 Å². The molecule has 0 amide bonds. The Balaban J connectivity index is 1.38. The third kappa shape index (κ3) is 4.39. The molecule has 0 aliphatic carbocycles. The maximum Gasteiger partial charge on any atom is 0.150 e. The summed E-state index contributed by atoms with van der Waals surface area (Å²) in [6.07, 6.45) is 3.86. The number of hydrogen-bond acceptors (Lipinski definition) is 7. The summed E-state index contributed by atoms with van der Waals surface area (Å²) in [5.74, 6) is 3.43. The van der Waals surface area contributed by atoms with Gasteiger partial charge in [-0.25, -0.2) is 0 Å². The molecule has 2 saturated heterocycles. The lowest BCUT2D eigenvalue weighted by Crippen LogP contribution is -2.36. The van der Waals surface area contributed by atoms with Crippen LogP contribution in [-0.2, 0) is 20.1 Å². The lowest BCUT2D eigenvalue weighted by molar-refractivity contribution is 0.0775. The minimum atomic E-state index is -0.141. The van der Waals surface area contributed by atoms with Gasteiger partial charge in [0.25, 0.3) is 0 Å². The van der Waals surface area contributed by atoms with Gasteiger partial charge in [-0.1, -0.05) is 5.16 Å². The van der Waals surface area contributed by atoms with Crippen LogP contribution in [0.25, 0.3) is 0 Å². The van der Waals surface area contributed by atoms with Crippen molar-refractivity contribution in [3.05, 3.63) is 29.2 Å². The highest BCUT2D eigenvalue weighted by Crippen LogP contribution is 2.27. The lowest BCUT2D eigenvalue weighted by atomic mass is 9.97. The Bertz CT molecular complexity index is 749. The molecule has 4 heterocycles.